The molecule has 0 aliphatic carbocycles. The van der Waals surface area contributed by atoms with Crippen LogP contribution in [-0.4, -0.2) is 5.11 Å². The molecule has 0 saturated carbocycles. The second kappa shape index (κ2) is 6.57. The van der Waals surface area contributed by atoms with Gasteiger partial charge in [-0.05, 0) is 36.0 Å². The quantitative estimate of drug-likeness (QED) is 0.736. The van der Waals surface area contributed by atoms with Crippen molar-refractivity contribution in [3.05, 3.63) is 29.8 Å². The third-order valence-electron chi connectivity index (χ3n) is 3.58. The van der Waals surface area contributed by atoms with Crippen LogP contribution in [0.3, 0.4) is 0 Å². The van der Waals surface area contributed by atoms with E-state index < -0.39 is 0 Å². The topological polar surface area (TPSA) is 20.2 Å². The summed E-state index contributed by atoms with van der Waals surface area (Å²) in [6.45, 7) is 6.82. The molecule has 0 radical (unpaired) electrons. The number of hydrogen-bond donors (Lipinski definition) is 1. The standard InChI is InChI=1S/C15H24O/c1-4-6-7-13(5-2)12(3)14-8-10-15(16)11-9-14/h8-13,16H,4-7H2,1-3H3/t12-,13-/m1/s1. The molecule has 2 atom stereocenters. The Morgan fingerprint density at radius 3 is 2.25 bits per heavy atom. The van der Waals surface area contributed by atoms with Crippen LogP contribution in [0.25, 0.3) is 0 Å². The number of hydrogen-bond acceptors (Lipinski definition) is 1. The first kappa shape index (κ1) is 13.1. The first-order chi connectivity index (χ1) is 7.69. The second-order valence-electron chi connectivity index (χ2n) is 4.69. The van der Waals surface area contributed by atoms with Gasteiger partial charge in [0, 0.05) is 0 Å². The molecule has 0 heterocycles. The molecule has 90 valence electrons. The summed E-state index contributed by atoms with van der Waals surface area (Å²) >= 11 is 0. The van der Waals surface area contributed by atoms with E-state index in [0.29, 0.717) is 11.7 Å². The van der Waals surface area contributed by atoms with Gasteiger partial charge in [0.05, 0.1) is 0 Å². The van der Waals surface area contributed by atoms with E-state index >= 15 is 0 Å². The average molecular weight is 220 g/mol. The summed E-state index contributed by atoms with van der Waals surface area (Å²) in [5, 5.41) is 9.28. The second-order valence-corrected chi connectivity index (χ2v) is 4.69. The van der Waals surface area contributed by atoms with Gasteiger partial charge in [-0.3, -0.25) is 0 Å². The smallest absolute Gasteiger partial charge is 0.115 e. The zero-order valence-electron chi connectivity index (χ0n) is 10.7. The fourth-order valence-electron chi connectivity index (χ4n) is 2.32. The van der Waals surface area contributed by atoms with E-state index in [-0.39, 0.29) is 0 Å². The van der Waals surface area contributed by atoms with Gasteiger partial charge in [-0.25, -0.2) is 0 Å². The van der Waals surface area contributed by atoms with Gasteiger partial charge in [0.25, 0.3) is 0 Å². The third kappa shape index (κ3) is 3.55. The lowest BCUT2D eigenvalue weighted by Crippen LogP contribution is -2.09. The molecule has 0 aliphatic rings. The zero-order chi connectivity index (χ0) is 12.0. The van der Waals surface area contributed by atoms with Crippen LogP contribution in [0.4, 0.5) is 0 Å². The van der Waals surface area contributed by atoms with Gasteiger partial charge in [-0.15, -0.1) is 0 Å². The maximum Gasteiger partial charge on any atom is 0.115 e. The van der Waals surface area contributed by atoms with E-state index in [1.165, 1.54) is 31.2 Å². The number of benzene rings is 1. The Balaban J connectivity index is 2.66. The molecule has 0 spiro atoms. The molecule has 1 N–H and O–H groups in total. The lowest BCUT2D eigenvalue weighted by atomic mass is 9.82. The van der Waals surface area contributed by atoms with Crippen LogP contribution in [-0.2, 0) is 0 Å². The van der Waals surface area contributed by atoms with Crippen molar-refractivity contribution >= 4 is 0 Å². The lowest BCUT2D eigenvalue weighted by Gasteiger charge is -2.23. The number of phenolic OH excluding ortho intramolecular Hbond substituents is 1. The van der Waals surface area contributed by atoms with Gasteiger partial charge < -0.3 is 5.11 Å². The summed E-state index contributed by atoms with van der Waals surface area (Å²) in [5.41, 5.74) is 1.35. The molecule has 1 aromatic rings. The molecule has 1 heteroatoms. The SMILES string of the molecule is CCCC[C@@H](CC)[C@@H](C)c1ccc(O)cc1. The van der Waals surface area contributed by atoms with Crippen molar-refractivity contribution in [1.29, 1.82) is 0 Å². The van der Waals surface area contributed by atoms with E-state index in [9.17, 15) is 5.11 Å². The van der Waals surface area contributed by atoms with E-state index in [2.05, 4.69) is 32.9 Å². The molecule has 0 bridgehead atoms. The minimum atomic E-state index is 0.359. The van der Waals surface area contributed by atoms with Crippen LogP contribution in [0, 0.1) is 5.92 Å². The fraction of sp³-hybridized carbons (Fsp3) is 0.600. The summed E-state index contributed by atoms with van der Waals surface area (Å²) in [4.78, 5) is 0. The van der Waals surface area contributed by atoms with E-state index in [1.807, 2.05) is 0 Å². The molecular weight excluding hydrogens is 196 g/mol. The van der Waals surface area contributed by atoms with Gasteiger partial charge >= 0.3 is 0 Å². The Labute approximate surface area is 99.5 Å². The van der Waals surface area contributed by atoms with Crippen molar-refractivity contribution in [3.63, 3.8) is 0 Å². The summed E-state index contributed by atoms with van der Waals surface area (Å²) in [6.07, 6.45) is 5.15. The molecule has 1 aromatic carbocycles. The monoisotopic (exact) mass is 220 g/mol. The van der Waals surface area contributed by atoms with Crippen molar-refractivity contribution in [2.45, 2.75) is 52.4 Å². The molecule has 0 unspecified atom stereocenters. The van der Waals surface area contributed by atoms with Gasteiger partial charge in [-0.2, -0.15) is 0 Å². The predicted octanol–water partition coefficient (Wildman–Crippen LogP) is 4.71. The van der Waals surface area contributed by atoms with Crippen LogP contribution in [0.1, 0.15) is 57.9 Å². The fourth-order valence-corrected chi connectivity index (χ4v) is 2.32. The first-order valence-corrected chi connectivity index (χ1v) is 6.48. The van der Waals surface area contributed by atoms with Crippen LogP contribution in [0.5, 0.6) is 5.75 Å². The summed E-state index contributed by atoms with van der Waals surface area (Å²) < 4.78 is 0. The molecular formula is C15H24O. The van der Waals surface area contributed by atoms with E-state index in [0.717, 1.165) is 5.92 Å². The van der Waals surface area contributed by atoms with Crippen molar-refractivity contribution in [3.8, 4) is 5.75 Å². The van der Waals surface area contributed by atoms with Crippen LogP contribution < -0.4 is 0 Å². The molecule has 1 nitrogen and oxygen atoms in total. The normalized spacial score (nSPS) is 14.7. The molecule has 0 aliphatic heterocycles. The molecule has 0 aromatic heterocycles. The predicted molar refractivity (Wildman–Crippen MR) is 69.8 cm³/mol. The van der Waals surface area contributed by atoms with Crippen LogP contribution in [0.15, 0.2) is 24.3 Å². The number of rotatable bonds is 6. The lowest BCUT2D eigenvalue weighted by molar-refractivity contribution is 0.389. The highest BCUT2D eigenvalue weighted by Gasteiger charge is 2.16. The number of unbranched alkanes of at least 4 members (excludes halogenated alkanes) is 1. The largest absolute Gasteiger partial charge is 0.508 e. The Kier molecular flexibility index (Phi) is 5.37. The molecule has 0 amide bonds. The molecule has 1 rings (SSSR count). The van der Waals surface area contributed by atoms with E-state index in [4.69, 9.17) is 0 Å². The average Bonchev–Trinajstić information content (AvgIpc) is 2.30. The highest BCUT2D eigenvalue weighted by atomic mass is 16.3. The Morgan fingerprint density at radius 1 is 1.12 bits per heavy atom. The molecule has 16 heavy (non-hydrogen) atoms. The van der Waals surface area contributed by atoms with Crippen molar-refractivity contribution in [2.75, 3.05) is 0 Å². The van der Waals surface area contributed by atoms with Gasteiger partial charge in [0.1, 0.15) is 5.75 Å². The molecule has 0 saturated heterocycles. The Morgan fingerprint density at radius 2 is 1.75 bits per heavy atom. The van der Waals surface area contributed by atoms with Crippen molar-refractivity contribution < 1.29 is 5.11 Å². The maximum absolute atomic E-state index is 9.28. The minimum absolute atomic E-state index is 0.359. The first-order valence-electron chi connectivity index (χ1n) is 6.48. The third-order valence-corrected chi connectivity index (χ3v) is 3.58. The summed E-state index contributed by atoms with van der Waals surface area (Å²) in [5.74, 6) is 1.72. The zero-order valence-corrected chi connectivity index (χ0v) is 10.7. The summed E-state index contributed by atoms with van der Waals surface area (Å²) in [6, 6.07) is 7.68. The molecule has 0 fully saturated rings. The number of phenols is 1. The van der Waals surface area contributed by atoms with Gasteiger partial charge in [-0.1, -0.05) is 52.2 Å². The van der Waals surface area contributed by atoms with E-state index in [1.54, 1.807) is 12.1 Å². The van der Waals surface area contributed by atoms with Crippen LogP contribution >= 0.6 is 0 Å². The Hall–Kier alpha value is -0.980. The minimum Gasteiger partial charge on any atom is -0.508 e. The Bertz CT molecular complexity index is 289. The van der Waals surface area contributed by atoms with Crippen molar-refractivity contribution in [1.82, 2.24) is 0 Å². The van der Waals surface area contributed by atoms with Gasteiger partial charge in [0.2, 0.25) is 0 Å². The van der Waals surface area contributed by atoms with Crippen molar-refractivity contribution in [2.24, 2.45) is 5.92 Å². The highest BCUT2D eigenvalue weighted by Crippen LogP contribution is 2.31. The maximum atomic E-state index is 9.28. The summed E-state index contributed by atoms with van der Waals surface area (Å²) in [7, 11) is 0. The highest BCUT2D eigenvalue weighted by molar-refractivity contribution is 5.28. The number of aromatic hydroxyl groups is 1. The van der Waals surface area contributed by atoms with Gasteiger partial charge in [0.15, 0.2) is 0 Å². The van der Waals surface area contributed by atoms with Crippen LogP contribution in [0.2, 0.25) is 0 Å².